The average molecular weight is 437 g/mol. The van der Waals surface area contributed by atoms with Crippen LogP contribution in [0.1, 0.15) is 17.2 Å². The van der Waals surface area contributed by atoms with Crippen molar-refractivity contribution in [3.8, 4) is 0 Å². The summed E-state index contributed by atoms with van der Waals surface area (Å²) >= 11 is 0. The molecule has 1 amide bonds. The van der Waals surface area contributed by atoms with Crippen LogP contribution < -0.4 is 0 Å². The minimum Gasteiger partial charge on any atom is -0.507 e. The van der Waals surface area contributed by atoms with Crippen LogP contribution in [0.5, 0.6) is 0 Å². The quantitative estimate of drug-likeness (QED) is 0.243. The third kappa shape index (κ3) is 4.25. The fraction of sp³-hybridized carbons (Fsp3) is 0.304. The van der Waals surface area contributed by atoms with Crippen molar-refractivity contribution < 1.29 is 24.4 Å². The minimum atomic E-state index is -0.920. The summed E-state index contributed by atoms with van der Waals surface area (Å²) in [5, 5.41) is 22.3. The van der Waals surface area contributed by atoms with Gasteiger partial charge in [0, 0.05) is 43.9 Å². The molecule has 1 atom stereocenters. The SMILES string of the molecule is O=C1C(=O)N(CCN2CCOCC2)[C@H](c2cccc([N+](=O)[O-])c2)C1=C(O)c1ccccc1. The average Bonchev–Trinajstić information content (AvgIpc) is 3.08. The normalized spacial score (nSPS) is 21.1. The number of benzene rings is 2. The molecule has 2 aliphatic heterocycles. The number of hydrogen-bond donors (Lipinski definition) is 1. The number of morpholine rings is 1. The number of carbonyl (C=O) groups excluding carboxylic acids is 2. The van der Waals surface area contributed by atoms with E-state index >= 15 is 0 Å². The van der Waals surface area contributed by atoms with Gasteiger partial charge in [0.15, 0.2) is 0 Å². The van der Waals surface area contributed by atoms with E-state index in [1.165, 1.54) is 23.1 Å². The van der Waals surface area contributed by atoms with E-state index in [4.69, 9.17) is 4.74 Å². The lowest BCUT2D eigenvalue weighted by Crippen LogP contribution is -2.42. The molecule has 0 bridgehead atoms. The molecule has 2 aliphatic rings. The third-order valence-corrected chi connectivity index (χ3v) is 5.74. The van der Waals surface area contributed by atoms with Gasteiger partial charge < -0.3 is 14.7 Å². The number of ether oxygens (including phenoxy) is 1. The van der Waals surface area contributed by atoms with E-state index in [-0.39, 0.29) is 23.6 Å². The molecular formula is C23H23N3O6. The number of amides is 1. The molecule has 0 aliphatic carbocycles. The smallest absolute Gasteiger partial charge is 0.295 e. The number of hydrogen-bond acceptors (Lipinski definition) is 7. The summed E-state index contributed by atoms with van der Waals surface area (Å²) in [7, 11) is 0. The van der Waals surface area contributed by atoms with Gasteiger partial charge in [-0.2, -0.15) is 0 Å². The fourth-order valence-corrected chi connectivity index (χ4v) is 4.09. The van der Waals surface area contributed by atoms with E-state index in [2.05, 4.69) is 4.90 Å². The molecule has 0 radical (unpaired) electrons. The van der Waals surface area contributed by atoms with Crippen LogP contribution in [0.25, 0.3) is 5.76 Å². The fourth-order valence-electron chi connectivity index (χ4n) is 4.09. The number of Topliss-reactive ketones (excluding diaryl/α,β-unsaturated/α-hetero) is 1. The van der Waals surface area contributed by atoms with E-state index in [9.17, 15) is 24.8 Å². The molecule has 1 N–H and O–H groups in total. The summed E-state index contributed by atoms with van der Waals surface area (Å²) in [6.45, 7) is 3.39. The second-order valence-corrected chi connectivity index (χ2v) is 7.66. The molecule has 2 aromatic carbocycles. The van der Waals surface area contributed by atoms with Crippen LogP contribution in [0.2, 0.25) is 0 Å². The Labute approximate surface area is 184 Å². The highest BCUT2D eigenvalue weighted by Crippen LogP contribution is 2.40. The van der Waals surface area contributed by atoms with Crippen molar-refractivity contribution in [3.63, 3.8) is 0 Å². The molecule has 2 aromatic rings. The zero-order valence-electron chi connectivity index (χ0n) is 17.3. The Morgan fingerprint density at radius 1 is 1.06 bits per heavy atom. The molecule has 4 rings (SSSR count). The molecule has 9 heteroatoms. The minimum absolute atomic E-state index is 0.0660. The van der Waals surface area contributed by atoms with E-state index in [0.717, 1.165) is 13.1 Å². The van der Waals surface area contributed by atoms with Gasteiger partial charge in [-0.1, -0.05) is 42.5 Å². The highest BCUT2D eigenvalue weighted by atomic mass is 16.6. The van der Waals surface area contributed by atoms with E-state index < -0.39 is 22.7 Å². The van der Waals surface area contributed by atoms with Gasteiger partial charge in [-0.15, -0.1) is 0 Å². The van der Waals surface area contributed by atoms with Gasteiger partial charge in [-0.05, 0) is 5.56 Å². The second-order valence-electron chi connectivity index (χ2n) is 7.66. The van der Waals surface area contributed by atoms with Crippen molar-refractivity contribution in [1.82, 2.24) is 9.80 Å². The highest BCUT2D eigenvalue weighted by molar-refractivity contribution is 6.46. The summed E-state index contributed by atoms with van der Waals surface area (Å²) in [4.78, 5) is 40.3. The Morgan fingerprint density at radius 2 is 1.78 bits per heavy atom. The number of nitro groups is 1. The van der Waals surface area contributed by atoms with Crippen LogP contribution in [0.3, 0.4) is 0 Å². The standard InChI is InChI=1S/C23H23N3O6/c27-21(16-5-2-1-3-6-16)19-20(17-7-4-8-18(15-17)26(30)31)25(23(29)22(19)28)10-9-24-11-13-32-14-12-24/h1-8,15,20,27H,9-14H2/t20-/m1/s1. The lowest BCUT2D eigenvalue weighted by Gasteiger charge is -2.31. The highest BCUT2D eigenvalue weighted by Gasteiger charge is 2.46. The monoisotopic (exact) mass is 437 g/mol. The molecular weight excluding hydrogens is 414 g/mol. The molecule has 2 fully saturated rings. The molecule has 2 saturated heterocycles. The number of ketones is 1. The maximum atomic E-state index is 13.0. The molecule has 2 heterocycles. The zero-order chi connectivity index (χ0) is 22.7. The Morgan fingerprint density at radius 3 is 2.47 bits per heavy atom. The lowest BCUT2D eigenvalue weighted by atomic mass is 9.95. The number of non-ortho nitro benzene ring substituents is 1. The van der Waals surface area contributed by atoms with Crippen molar-refractivity contribution in [2.45, 2.75) is 6.04 Å². The number of nitro benzene ring substituents is 1. The summed E-state index contributed by atoms with van der Waals surface area (Å²) < 4.78 is 5.35. The van der Waals surface area contributed by atoms with Crippen molar-refractivity contribution in [2.75, 3.05) is 39.4 Å². The number of aliphatic hydroxyl groups excluding tert-OH is 1. The van der Waals surface area contributed by atoms with Crippen molar-refractivity contribution in [3.05, 3.63) is 81.4 Å². The predicted octanol–water partition coefficient (Wildman–Crippen LogP) is 2.35. The summed E-state index contributed by atoms with van der Waals surface area (Å²) in [5.74, 6) is -1.83. The van der Waals surface area contributed by atoms with Gasteiger partial charge >= 0.3 is 0 Å². The van der Waals surface area contributed by atoms with Gasteiger partial charge in [0.25, 0.3) is 17.4 Å². The number of likely N-dealkylation sites (tertiary alicyclic amines) is 1. The van der Waals surface area contributed by atoms with Crippen LogP contribution in [0.15, 0.2) is 60.2 Å². The first-order chi connectivity index (χ1) is 15.5. The van der Waals surface area contributed by atoms with Crippen LogP contribution >= 0.6 is 0 Å². The van der Waals surface area contributed by atoms with E-state index in [1.54, 1.807) is 36.4 Å². The first-order valence-electron chi connectivity index (χ1n) is 10.4. The first kappa shape index (κ1) is 21.7. The van der Waals surface area contributed by atoms with Gasteiger partial charge in [0.2, 0.25) is 0 Å². The van der Waals surface area contributed by atoms with Gasteiger partial charge in [0.1, 0.15) is 5.76 Å². The van der Waals surface area contributed by atoms with Crippen molar-refractivity contribution in [2.24, 2.45) is 0 Å². The van der Waals surface area contributed by atoms with Gasteiger partial charge in [0.05, 0.1) is 29.8 Å². The molecule has 0 saturated carbocycles. The molecule has 9 nitrogen and oxygen atoms in total. The van der Waals surface area contributed by atoms with Gasteiger partial charge in [-0.25, -0.2) is 0 Å². The lowest BCUT2D eigenvalue weighted by molar-refractivity contribution is -0.384. The number of carbonyl (C=O) groups is 2. The zero-order valence-corrected chi connectivity index (χ0v) is 17.3. The maximum absolute atomic E-state index is 13.0. The van der Waals surface area contributed by atoms with Crippen LogP contribution in [0, 0.1) is 10.1 Å². The largest absolute Gasteiger partial charge is 0.507 e. The van der Waals surface area contributed by atoms with Gasteiger partial charge in [-0.3, -0.25) is 24.6 Å². The molecule has 166 valence electrons. The number of rotatable bonds is 6. The Kier molecular flexibility index (Phi) is 6.29. The van der Waals surface area contributed by atoms with Crippen LogP contribution in [0.4, 0.5) is 5.69 Å². The molecule has 0 aromatic heterocycles. The summed E-state index contributed by atoms with van der Waals surface area (Å²) in [5.41, 5.74) is 0.580. The van der Waals surface area contributed by atoms with Crippen molar-refractivity contribution in [1.29, 1.82) is 0 Å². The Hall–Kier alpha value is -3.56. The number of nitrogens with zero attached hydrogens (tertiary/aromatic N) is 3. The summed E-state index contributed by atoms with van der Waals surface area (Å²) in [6.07, 6.45) is 0. The molecule has 32 heavy (non-hydrogen) atoms. The van der Waals surface area contributed by atoms with Crippen molar-refractivity contribution >= 4 is 23.1 Å². The summed E-state index contributed by atoms with van der Waals surface area (Å²) in [6, 6.07) is 13.4. The van der Waals surface area contributed by atoms with E-state index in [0.29, 0.717) is 30.9 Å². The second kappa shape index (κ2) is 9.29. The predicted molar refractivity (Wildman–Crippen MR) is 116 cm³/mol. The Balaban J connectivity index is 1.76. The number of aliphatic hydroxyl groups is 1. The molecule has 0 unspecified atom stereocenters. The molecule has 0 spiro atoms. The van der Waals surface area contributed by atoms with Crippen LogP contribution in [-0.2, 0) is 14.3 Å². The van der Waals surface area contributed by atoms with Crippen LogP contribution in [-0.4, -0.2) is 70.9 Å². The maximum Gasteiger partial charge on any atom is 0.295 e. The first-order valence-corrected chi connectivity index (χ1v) is 10.4. The Bertz CT molecular complexity index is 1060. The third-order valence-electron chi connectivity index (χ3n) is 5.74. The van der Waals surface area contributed by atoms with E-state index in [1.807, 2.05) is 0 Å². The topological polar surface area (TPSA) is 113 Å².